The van der Waals surface area contributed by atoms with Gasteiger partial charge in [-0.3, -0.25) is 14.9 Å². The molecule has 3 rings (SSSR count). The van der Waals surface area contributed by atoms with E-state index < -0.39 is 17.1 Å². The predicted molar refractivity (Wildman–Crippen MR) is 98.0 cm³/mol. The average molecular weight is 355 g/mol. The number of anilines is 1. The number of carbonyl (C=O) groups excluding carboxylic acids is 1. The zero-order chi connectivity index (χ0) is 18.7. The van der Waals surface area contributed by atoms with E-state index in [4.69, 9.17) is 0 Å². The van der Waals surface area contributed by atoms with Crippen LogP contribution >= 0.6 is 0 Å². The SMILES string of the molecule is Cc1ccc(C[C@H](Nc2ccccc2[N+](=O)[O-])C(=O)N2CC(O)C2)cc1. The minimum Gasteiger partial charge on any atom is -0.389 e. The zero-order valence-electron chi connectivity index (χ0n) is 14.5. The summed E-state index contributed by atoms with van der Waals surface area (Å²) in [6.07, 6.45) is -0.0948. The zero-order valence-corrected chi connectivity index (χ0v) is 14.5. The Kier molecular flexibility index (Phi) is 5.18. The monoisotopic (exact) mass is 355 g/mol. The van der Waals surface area contributed by atoms with Gasteiger partial charge in [0.15, 0.2) is 0 Å². The highest BCUT2D eigenvalue weighted by molar-refractivity contribution is 5.86. The van der Waals surface area contributed by atoms with Crippen LogP contribution in [0.3, 0.4) is 0 Å². The van der Waals surface area contributed by atoms with Crippen molar-refractivity contribution in [3.63, 3.8) is 0 Å². The molecule has 1 saturated heterocycles. The molecule has 0 radical (unpaired) electrons. The van der Waals surface area contributed by atoms with Crippen LogP contribution in [0.2, 0.25) is 0 Å². The Morgan fingerprint density at radius 3 is 2.54 bits per heavy atom. The van der Waals surface area contributed by atoms with Crippen molar-refractivity contribution in [1.29, 1.82) is 0 Å². The van der Waals surface area contributed by atoms with Crippen molar-refractivity contribution in [2.75, 3.05) is 18.4 Å². The molecule has 2 aromatic carbocycles. The highest BCUT2D eigenvalue weighted by atomic mass is 16.6. The van der Waals surface area contributed by atoms with Gasteiger partial charge in [0.05, 0.1) is 11.0 Å². The molecule has 26 heavy (non-hydrogen) atoms. The van der Waals surface area contributed by atoms with E-state index in [0.717, 1.165) is 11.1 Å². The molecule has 1 amide bonds. The van der Waals surface area contributed by atoms with Gasteiger partial charge in [-0.05, 0) is 18.6 Å². The fourth-order valence-electron chi connectivity index (χ4n) is 2.96. The number of nitrogens with zero attached hydrogens (tertiary/aromatic N) is 2. The third-order valence-corrected chi connectivity index (χ3v) is 4.46. The van der Waals surface area contributed by atoms with Crippen molar-refractivity contribution in [1.82, 2.24) is 4.90 Å². The first-order valence-electron chi connectivity index (χ1n) is 8.46. The van der Waals surface area contributed by atoms with Crippen LogP contribution in [0.1, 0.15) is 11.1 Å². The summed E-state index contributed by atoms with van der Waals surface area (Å²) < 4.78 is 0. The highest BCUT2D eigenvalue weighted by Gasteiger charge is 2.34. The lowest BCUT2D eigenvalue weighted by Crippen LogP contribution is -2.57. The third-order valence-electron chi connectivity index (χ3n) is 4.46. The minimum absolute atomic E-state index is 0.0714. The maximum Gasteiger partial charge on any atom is 0.292 e. The molecule has 1 aliphatic heterocycles. The van der Waals surface area contributed by atoms with Gasteiger partial charge in [0, 0.05) is 25.6 Å². The van der Waals surface area contributed by atoms with E-state index >= 15 is 0 Å². The van der Waals surface area contributed by atoms with E-state index in [1.807, 2.05) is 31.2 Å². The van der Waals surface area contributed by atoms with Gasteiger partial charge < -0.3 is 15.3 Å². The number of nitro benzene ring substituents is 1. The number of likely N-dealkylation sites (tertiary alicyclic amines) is 1. The van der Waals surface area contributed by atoms with Crippen LogP contribution in [0.15, 0.2) is 48.5 Å². The number of aryl methyl sites for hydroxylation is 1. The molecule has 0 bridgehead atoms. The first-order valence-corrected chi connectivity index (χ1v) is 8.46. The maximum absolute atomic E-state index is 12.8. The Balaban J connectivity index is 1.84. The number of β-amino-alcohol motifs (C(OH)–C–C–N with tert-alkyl or cyclic N) is 1. The van der Waals surface area contributed by atoms with Crippen molar-refractivity contribution in [2.45, 2.75) is 25.5 Å². The number of benzene rings is 2. The van der Waals surface area contributed by atoms with Gasteiger partial charge in [-0.25, -0.2) is 0 Å². The summed E-state index contributed by atoms with van der Waals surface area (Å²) in [4.78, 5) is 25.2. The average Bonchev–Trinajstić information content (AvgIpc) is 2.60. The molecule has 1 atom stereocenters. The molecule has 0 spiro atoms. The molecule has 136 valence electrons. The molecule has 1 heterocycles. The van der Waals surface area contributed by atoms with E-state index in [9.17, 15) is 20.0 Å². The number of nitro groups is 1. The molecular formula is C19H21N3O4. The normalized spacial score (nSPS) is 15.2. The first kappa shape index (κ1) is 17.9. The number of aliphatic hydroxyl groups is 1. The van der Waals surface area contributed by atoms with Gasteiger partial charge >= 0.3 is 0 Å². The summed E-state index contributed by atoms with van der Waals surface area (Å²) in [6, 6.07) is 13.5. The standard InChI is InChI=1S/C19H21N3O4/c1-13-6-8-14(9-7-13)10-17(19(24)21-11-15(23)12-21)20-16-4-2-3-5-18(16)22(25)26/h2-9,15,17,20,23H,10-12H2,1H3/t17-/m0/s1. The number of rotatable bonds is 6. The highest BCUT2D eigenvalue weighted by Crippen LogP contribution is 2.25. The molecule has 0 saturated carbocycles. The van der Waals surface area contributed by atoms with E-state index in [0.29, 0.717) is 25.2 Å². The Morgan fingerprint density at radius 1 is 1.27 bits per heavy atom. The lowest BCUT2D eigenvalue weighted by molar-refractivity contribution is -0.384. The van der Waals surface area contributed by atoms with Gasteiger partial charge in [0.25, 0.3) is 5.69 Å². The van der Waals surface area contributed by atoms with Crippen molar-refractivity contribution in [2.24, 2.45) is 0 Å². The summed E-state index contributed by atoms with van der Waals surface area (Å²) in [6.45, 7) is 2.57. The number of hydrogen-bond donors (Lipinski definition) is 2. The second-order valence-corrected chi connectivity index (χ2v) is 6.56. The fourth-order valence-corrected chi connectivity index (χ4v) is 2.96. The smallest absolute Gasteiger partial charge is 0.292 e. The number of hydrogen-bond acceptors (Lipinski definition) is 5. The van der Waals surface area contributed by atoms with E-state index in [1.54, 1.807) is 23.1 Å². The van der Waals surface area contributed by atoms with E-state index in [2.05, 4.69) is 5.32 Å². The van der Waals surface area contributed by atoms with Crippen LogP contribution in [0.4, 0.5) is 11.4 Å². The van der Waals surface area contributed by atoms with Gasteiger partial charge in [0.2, 0.25) is 5.91 Å². The first-order chi connectivity index (χ1) is 12.4. The molecule has 7 heteroatoms. The van der Waals surface area contributed by atoms with Crippen molar-refractivity contribution >= 4 is 17.3 Å². The number of carbonyl (C=O) groups is 1. The van der Waals surface area contributed by atoms with Crippen molar-refractivity contribution in [3.8, 4) is 0 Å². The minimum atomic E-state index is -0.647. The lowest BCUT2D eigenvalue weighted by atomic mass is 10.0. The Labute approximate surface area is 151 Å². The summed E-state index contributed by atoms with van der Waals surface area (Å²) >= 11 is 0. The molecule has 2 N–H and O–H groups in total. The molecule has 2 aromatic rings. The predicted octanol–water partition coefficient (Wildman–Crippen LogP) is 2.13. The molecule has 0 aliphatic carbocycles. The summed E-state index contributed by atoms with van der Waals surface area (Å²) in [5.74, 6) is -0.172. The second kappa shape index (κ2) is 7.53. The topological polar surface area (TPSA) is 95.7 Å². The Bertz CT molecular complexity index is 801. The van der Waals surface area contributed by atoms with Crippen LogP contribution in [-0.4, -0.2) is 46.1 Å². The summed E-state index contributed by atoms with van der Waals surface area (Å²) in [7, 11) is 0. The van der Waals surface area contributed by atoms with Gasteiger partial charge in [0.1, 0.15) is 11.7 Å². The Hall–Kier alpha value is -2.93. The van der Waals surface area contributed by atoms with Crippen LogP contribution in [0.5, 0.6) is 0 Å². The molecule has 7 nitrogen and oxygen atoms in total. The lowest BCUT2D eigenvalue weighted by Gasteiger charge is -2.38. The molecular weight excluding hydrogens is 334 g/mol. The number of para-hydroxylation sites is 2. The largest absolute Gasteiger partial charge is 0.389 e. The molecule has 1 fully saturated rings. The molecule has 0 unspecified atom stereocenters. The summed E-state index contributed by atoms with van der Waals surface area (Å²) in [5.41, 5.74) is 2.32. The van der Waals surface area contributed by atoms with Crippen molar-refractivity contribution < 1.29 is 14.8 Å². The van der Waals surface area contributed by atoms with Gasteiger partial charge in [-0.2, -0.15) is 0 Å². The van der Waals surface area contributed by atoms with Crippen LogP contribution in [0, 0.1) is 17.0 Å². The number of nitrogens with one attached hydrogen (secondary N) is 1. The number of aliphatic hydroxyl groups excluding tert-OH is 1. The molecule has 0 aromatic heterocycles. The van der Waals surface area contributed by atoms with Crippen molar-refractivity contribution in [3.05, 3.63) is 69.8 Å². The van der Waals surface area contributed by atoms with Gasteiger partial charge in [-0.1, -0.05) is 42.0 Å². The second-order valence-electron chi connectivity index (χ2n) is 6.56. The van der Waals surface area contributed by atoms with Crippen LogP contribution in [-0.2, 0) is 11.2 Å². The van der Waals surface area contributed by atoms with Crippen LogP contribution in [0.25, 0.3) is 0 Å². The van der Waals surface area contributed by atoms with E-state index in [1.165, 1.54) is 6.07 Å². The fraction of sp³-hybridized carbons (Fsp3) is 0.316. The Morgan fingerprint density at radius 2 is 1.92 bits per heavy atom. The van der Waals surface area contributed by atoms with E-state index in [-0.39, 0.29) is 11.6 Å². The molecule has 1 aliphatic rings. The summed E-state index contributed by atoms with van der Waals surface area (Å²) in [5, 5.41) is 23.8. The van der Waals surface area contributed by atoms with Crippen LogP contribution < -0.4 is 5.32 Å². The quantitative estimate of drug-likeness (QED) is 0.611. The van der Waals surface area contributed by atoms with Gasteiger partial charge in [-0.15, -0.1) is 0 Å². The third kappa shape index (κ3) is 4.00. The maximum atomic E-state index is 12.8. The number of amides is 1.